The third-order valence-corrected chi connectivity index (χ3v) is 4.09. The molecule has 0 saturated carbocycles. The topological polar surface area (TPSA) is 55.8 Å². The fraction of sp³-hybridized carbons (Fsp3) is 0.867. The number of nitrogens with zero attached hydrogens (tertiary/aromatic N) is 1. The van der Waals surface area contributed by atoms with Gasteiger partial charge in [0.1, 0.15) is 11.1 Å². The number of hydrogen-bond donors (Lipinski definition) is 0. The highest BCUT2D eigenvalue weighted by Crippen LogP contribution is 2.36. The Hall–Kier alpha value is -0.910. The molecule has 1 heterocycles. The smallest absolute Gasteiger partial charge is 0.411 e. The maximum Gasteiger partial charge on any atom is 0.411 e. The Labute approximate surface area is 131 Å². The van der Waals surface area contributed by atoms with Crippen molar-refractivity contribution in [3.8, 4) is 0 Å². The monoisotopic (exact) mass is 317 g/mol. The highest BCUT2D eigenvalue weighted by molar-refractivity contribution is 7.98. The van der Waals surface area contributed by atoms with Crippen LogP contribution >= 0.6 is 11.8 Å². The summed E-state index contributed by atoms with van der Waals surface area (Å²) >= 11 is 1.66. The van der Waals surface area contributed by atoms with E-state index >= 15 is 0 Å². The van der Waals surface area contributed by atoms with Crippen LogP contribution in [0.2, 0.25) is 0 Å². The number of carbonyl (C=O) groups is 2. The normalized spacial score (nSPS) is 22.2. The Bertz CT molecular complexity index is 380. The van der Waals surface area contributed by atoms with Gasteiger partial charge in [0.25, 0.3) is 0 Å². The Kier molecular flexibility index (Phi) is 6.38. The molecule has 0 radical (unpaired) electrons. The average Bonchev–Trinajstić information content (AvgIpc) is 2.79. The van der Waals surface area contributed by atoms with Gasteiger partial charge in [0.2, 0.25) is 0 Å². The first-order chi connectivity index (χ1) is 9.77. The van der Waals surface area contributed by atoms with Crippen LogP contribution in [0, 0.1) is 0 Å². The van der Waals surface area contributed by atoms with Crippen LogP contribution in [0.3, 0.4) is 0 Å². The molecule has 5 nitrogen and oxygen atoms in total. The van der Waals surface area contributed by atoms with E-state index in [-0.39, 0.29) is 5.97 Å². The van der Waals surface area contributed by atoms with E-state index in [0.29, 0.717) is 26.0 Å². The van der Waals surface area contributed by atoms with Crippen LogP contribution in [0.15, 0.2) is 0 Å². The van der Waals surface area contributed by atoms with Gasteiger partial charge in [-0.25, -0.2) is 9.59 Å². The van der Waals surface area contributed by atoms with E-state index in [1.807, 2.05) is 27.0 Å². The third kappa shape index (κ3) is 4.53. The molecule has 1 amide bonds. The average molecular weight is 317 g/mol. The zero-order valence-corrected chi connectivity index (χ0v) is 14.5. The van der Waals surface area contributed by atoms with Crippen LogP contribution in [0.4, 0.5) is 4.79 Å². The summed E-state index contributed by atoms with van der Waals surface area (Å²) in [6.45, 7) is 8.13. The van der Waals surface area contributed by atoms with Gasteiger partial charge in [-0.05, 0) is 59.0 Å². The molecule has 21 heavy (non-hydrogen) atoms. The minimum Gasteiger partial charge on any atom is -0.464 e. The highest BCUT2D eigenvalue weighted by Gasteiger charge is 2.51. The standard InChI is InChI=1S/C15H27NO4S/c1-6-19-12(17)15(9-11-21-5)8-7-10-16(15)13(18)20-14(2,3)4/h6-11H2,1-5H3/t15-/m0/s1. The van der Waals surface area contributed by atoms with Crippen molar-refractivity contribution in [1.29, 1.82) is 0 Å². The number of hydrogen-bond acceptors (Lipinski definition) is 5. The molecule has 1 aliphatic heterocycles. The summed E-state index contributed by atoms with van der Waals surface area (Å²) in [4.78, 5) is 26.5. The summed E-state index contributed by atoms with van der Waals surface area (Å²) in [7, 11) is 0. The first-order valence-electron chi connectivity index (χ1n) is 7.43. The molecule has 1 atom stereocenters. The van der Waals surface area contributed by atoms with Crippen molar-refractivity contribution >= 4 is 23.8 Å². The van der Waals surface area contributed by atoms with E-state index in [0.717, 1.165) is 12.2 Å². The largest absolute Gasteiger partial charge is 0.464 e. The van der Waals surface area contributed by atoms with Crippen LogP contribution in [-0.2, 0) is 14.3 Å². The van der Waals surface area contributed by atoms with E-state index in [9.17, 15) is 9.59 Å². The third-order valence-electron chi connectivity index (χ3n) is 3.48. The zero-order valence-electron chi connectivity index (χ0n) is 13.7. The molecule has 0 N–H and O–H groups in total. The van der Waals surface area contributed by atoms with Crippen LogP contribution in [0.25, 0.3) is 0 Å². The van der Waals surface area contributed by atoms with Gasteiger partial charge in [-0.2, -0.15) is 11.8 Å². The molecule has 122 valence electrons. The van der Waals surface area contributed by atoms with Crippen molar-refractivity contribution < 1.29 is 19.1 Å². The van der Waals surface area contributed by atoms with E-state index in [2.05, 4.69) is 0 Å². The molecule has 0 spiro atoms. The molecule has 0 aromatic rings. The molecule has 1 rings (SSSR count). The second-order valence-corrected chi connectivity index (χ2v) is 7.22. The number of amides is 1. The summed E-state index contributed by atoms with van der Waals surface area (Å²) in [6.07, 6.45) is 3.62. The highest BCUT2D eigenvalue weighted by atomic mass is 32.2. The van der Waals surface area contributed by atoms with Crippen molar-refractivity contribution in [3.05, 3.63) is 0 Å². The summed E-state index contributed by atoms with van der Waals surface area (Å²) in [6, 6.07) is 0. The lowest BCUT2D eigenvalue weighted by Gasteiger charge is -2.37. The summed E-state index contributed by atoms with van der Waals surface area (Å²) in [5.41, 5.74) is -1.43. The second-order valence-electron chi connectivity index (χ2n) is 6.23. The lowest BCUT2D eigenvalue weighted by Crippen LogP contribution is -2.55. The maximum absolute atomic E-state index is 12.5. The minimum atomic E-state index is -0.860. The molecule has 0 bridgehead atoms. The maximum atomic E-state index is 12.5. The van der Waals surface area contributed by atoms with E-state index in [1.165, 1.54) is 0 Å². The van der Waals surface area contributed by atoms with Crippen LogP contribution in [0.1, 0.15) is 47.0 Å². The van der Waals surface area contributed by atoms with E-state index in [4.69, 9.17) is 9.47 Å². The molecule has 0 aromatic carbocycles. The summed E-state index contributed by atoms with van der Waals surface area (Å²) in [5, 5.41) is 0. The van der Waals surface area contributed by atoms with Crippen molar-refractivity contribution in [2.45, 2.75) is 58.1 Å². The number of rotatable bonds is 5. The van der Waals surface area contributed by atoms with Crippen molar-refractivity contribution in [2.75, 3.05) is 25.2 Å². The second kappa shape index (κ2) is 7.38. The van der Waals surface area contributed by atoms with E-state index in [1.54, 1.807) is 23.6 Å². The Balaban J connectivity index is 2.97. The zero-order chi connectivity index (χ0) is 16.1. The fourth-order valence-corrected chi connectivity index (χ4v) is 3.11. The quantitative estimate of drug-likeness (QED) is 0.729. The number of ether oxygens (including phenoxy) is 2. The SMILES string of the molecule is CCOC(=O)[C@@]1(CCSC)CCCN1C(=O)OC(C)(C)C. The number of thioether (sulfide) groups is 1. The lowest BCUT2D eigenvalue weighted by atomic mass is 9.93. The summed E-state index contributed by atoms with van der Waals surface area (Å²) in [5.74, 6) is 0.500. The number of carbonyl (C=O) groups excluding carboxylic acids is 2. The first-order valence-corrected chi connectivity index (χ1v) is 8.83. The van der Waals surface area contributed by atoms with Gasteiger partial charge in [0.15, 0.2) is 0 Å². The molecule has 1 saturated heterocycles. The Morgan fingerprint density at radius 2 is 2.00 bits per heavy atom. The fourth-order valence-electron chi connectivity index (χ4n) is 2.57. The Morgan fingerprint density at radius 1 is 1.33 bits per heavy atom. The minimum absolute atomic E-state index is 0.303. The Morgan fingerprint density at radius 3 is 2.52 bits per heavy atom. The molecule has 0 unspecified atom stereocenters. The predicted molar refractivity (Wildman–Crippen MR) is 84.5 cm³/mol. The van der Waals surface area contributed by atoms with Gasteiger partial charge in [-0.1, -0.05) is 0 Å². The number of likely N-dealkylation sites (tertiary alicyclic amines) is 1. The molecular weight excluding hydrogens is 290 g/mol. The van der Waals surface area contributed by atoms with Gasteiger partial charge in [0, 0.05) is 6.54 Å². The van der Waals surface area contributed by atoms with Gasteiger partial charge in [0.05, 0.1) is 6.61 Å². The van der Waals surface area contributed by atoms with Crippen LogP contribution in [-0.4, -0.2) is 53.3 Å². The molecule has 1 aliphatic rings. The molecular formula is C15H27NO4S. The van der Waals surface area contributed by atoms with Gasteiger partial charge < -0.3 is 9.47 Å². The van der Waals surface area contributed by atoms with Gasteiger partial charge in [-0.3, -0.25) is 4.90 Å². The van der Waals surface area contributed by atoms with E-state index < -0.39 is 17.2 Å². The predicted octanol–water partition coefficient (Wildman–Crippen LogP) is 3.07. The van der Waals surface area contributed by atoms with Crippen molar-refractivity contribution in [2.24, 2.45) is 0 Å². The van der Waals surface area contributed by atoms with Gasteiger partial charge >= 0.3 is 12.1 Å². The van der Waals surface area contributed by atoms with Crippen LogP contribution in [0.5, 0.6) is 0 Å². The molecule has 6 heteroatoms. The molecule has 0 aromatic heterocycles. The lowest BCUT2D eigenvalue weighted by molar-refractivity contribution is -0.156. The first kappa shape index (κ1) is 18.1. The van der Waals surface area contributed by atoms with Gasteiger partial charge in [-0.15, -0.1) is 0 Å². The van der Waals surface area contributed by atoms with Crippen molar-refractivity contribution in [3.63, 3.8) is 0 Å². The van der Waals surface area contributed by atoms with Crippen LogP contribution < -0.4 is 0 Å². The van der Waals surface area contributed by atoms with Crippen molar-refractivity contribution in [1.82, 2.24) is 4.90 Å². The number of esters is 1. The summed E-state index contributed by atoms with van der Waals surface area (Å²) < 4.78 is 10.7. The molecule has 1 fully saturated rings. The molecule has 0 aliphatic carbocycles.